The lowest BCUT2D eigenvalue weighted by atomic mass is 10.1. The molecule has 26 heavy (non-hydrogen) atoms. The first-order chi connectivity index (χ1) is 12.6. The molecule has 3 aromatic rings. The Morgan fingerprint density at radius 1 is 1.19 bits per heavy atom. The third-order valence-electron chi connectivity index (χ3n) is 3.96. The average Bonchev–Trinajstić information content (AvgIpc) is 3.31. The molecular weight excluding hydrogens is 382 g/mol. The van der Waals surface area contributed by atoms with Crippen LogP contribution in [0, 0.1) is 0 Å². The van der Waals surface area contributed by atoms with E-state index >= 15 is 0 Å². The van der Waals surface area contributed by atoms with E-state index in [1.807, 2.05) is 25.1 Å². The van der Waals surface area contributed by atoms with Gasteiger partial charge in [0.15, 0.2) is 0 Å². The van der Waals surface area contributed by atoms with Crippen molar-refractivity contribution in [2.75, 3.05) is 7.11 Å². The molecule has 0 amide bonds. The summed E-state index contributed by atoms with van der Waals surface area (Å²) in [7, 11) is 1.68. The molecule has 0 fully saturated rings. The molecule has 0 unspecified atom stereocenters. The van der Waals surface area contributed by atoms with Crippen LogP contribution in [-0.2, 0) is 6.42 Å². The lowest BCUT2D eigenvalue weighted by Gasteiger charge is -2.06. The van der Waals surface area contributed by atoms with Gasteiger partial charge >= 0.3 is 0 Å². The average molecular weight is 402 g/mol. The minimum Gasteiger partial charge on any atom is -0.497 e. The second-order valence-corrected chi connectivity index (χ2v) is 8.03. The fourth-order valence-electron chi connectivity index (χ4n) is 2.67. The second kappa shape index (κ2) is 8.67. The fraction of sp³-hybridized carbons (Fsp3) is 0.190. The van der Waals surface area contributed by atoms with Crippen molar-refractivity contribution >= 4 is 50.0 Å². The van der Waals surface area contributed by atoms with Gasteiger partial charge in [-0.1, -0.05) is 35.9 Å². The lowest BCUT2D eigenvalue weighted by Crippen LogP contribution is -1.97. The van der Waals surface area contributed by atoms with Gasteiger partial charge in [-0.2, -0.15) is 0 Å². The van der Waals surface area contributed by atoms with Crippen LogP contribution in [0.1, 0.15) is 25.0 Å². The summed E-state index contributed by atoms with van der Waals surface area (Å²) in [4.78, 5) is 6.09. The summed E-state index contributed by atoms with van der Waals surface area (Å²) < 4.78 is 5.21. The van der Waals surface area contributed by atoms with Crippen molar-refractivity contribution in [2.24, 2.45) is 4.99 Å². The number of methoxy groups -OCH3 is 1. The first-order valence-corrected chi connectivity index (χ1v) is 10.4. The topological polar surface area (TPSA) is 21.6 Å². The van der Waals surface area contributed by atoms with Crippen LogP contribution in [0.5, 0.6) is 5.75 Å². The Labute approximate surface area is 167 Å². The highest BCUT2D eigenvalue weighted by molar-refractivity contribution is 7.16. The number of aliphatic imine (C=N–C) groups is 1. The SMILES string of the molecule is CC=C(Cl)c1c(-c2cccs2)csc1/N=C(\C)Cc1ccc(OC)cc1. The summed E-state index contributed by atoms with van der Waals surface area (Å²) in [6.07, 6.45) is 2.72. The van der Waals surface area contributed by atoms with Gasteiger partial charge in [0.05, 0.1) is 7.11 Å². The molecule has 1 aromatic carbocycles. The predicted octanol–water partition coefficient (Wildman–Crippen LogP) is 7.42. The summed E-state index contributed by atoms with van der Waals surface area (Å²) >= 11 is 9.88. The molecular formula is C21H20ClNOS2. The molecule has 2 aromatic heterocycles. The normalized spacial score (nSPS) is 12.5. The van der Waals surface area contributed by atoms with Crippen LogP contribution >= 0.6 is 34.3 Å². The van der Waals surface area contributed by atoms with Gasteiger partial charge in [0.25, 0.3) is 0 Å². The molecule has 0 spiro atoms. The number of allylic oxidation sites excluding steroid dienone is 1. The number of nitrogens with zero attached hydrogens (tertiary/aromatic N) is 1. The fourth-order valence-corrected chi connectivity index (χ4v) is 4.76. The maximum atomic E-state index is 6.53. The van der Waals surface area contributed by atoms with Gasteiger partial charge in [0.1, 0.15) is 10.8 Å². The molecule has 0 aliphatic carbocycles. The molecule has 2 heterocycles. The van der Waals surface area contributed by atoms with Crippen LogP contribution in [-0.4, -0.2) is 12.8 Å². The Balaban J connectivity index is 1.91. The predicted molar refractivity (Wildman–Crippen MR) is 117 cm³/mol. The van der Waals surface area contributed by atoms with Gasteiger partial charge in [-0.05, 0) is 43.0 Å². The molecule has 0 radical (unpaired) electrons. The van der Waals surface area contributed by atoms with E-state index in [-0.39, 0.29) is 0 Å². The first kappa shape index (κ1) is 18.9. The van der Waals surface area contributed by atoms with Crippen LogP contribution < -0.4 is 4.74 Å². The highest BCUT2D eigenvalue weighted by atomic mass is 35.5. The highest BCUT2D eigenvalue weighted by Crippen LogP contribution is 2.44. The van der Waals surface area contributed by atoms with E-state index in [0.29, 0.717) is 0 Å². The number of rotatable bonds is 6. The van der Waals surface area contributed by atoms with Gasteiger partial charge in [-0.15, -0.1) is 22.7 Å². The molecule has 3 rings (SSSR count). The Morgan fingerprint density at radius 2 is 1.96 bits per heavy atom. The van der Waals surface area contributed by atoms with Crippen LogP contribution in [0.25, 0.3) is 15.5 Å². The van der Waals surface area contributed by atoms with E-state index < -0.39 is 0 Å². The van der Waals surface area contributed by atoms with Crippen molar-refractivity contribution in [3.05, 3.63) is 64.4 Å². The van der Waals surface area contributed by atoms with E-state index in [1.54, 1.807) is 29.8 Å². The van der Waals surface area contributed by atoms with Crippen LogP contribution in [0.15, 0.2) is 58.2 Å². The summed E-state index contributed by atoms with van der Waals surface area (Å²) in [6, 6.07) is 12.3. The molecule has 0 bridgehead atoms. The van der Waals surface area contributed by atoms with Gasteiger partial charge in [-0.25, -0.2) is 4.99 Å². The zero-order valence-corrected chi connectivity index (χ0v) is 17.3. The van der Waals surface area contributed by atoms with Gasteiger partial charge < -0.3 is 4.74 Å². The van der Waals surface area contributed by atoms with Crippen molar-refractivity contribution in [1.82, 2.24) is 0 Å². The van der Waals surface area contributed by atoms with Gasteiger partial charge in [0, 0.05) is 38.5 Å². The van der Waals surface area contributed by atoms with Gasteiger partial charge in [0.2, 0.25) is 0 Å². The zero-order chi connectivity index (χ0) is 18.5. The number of ether oxygens (including phenoxy) is 1. The number of benzene rings is 1. The number of hydrogen-bond acceptors (Lipinski definition) is 4. The molecule has 0 N–H and O–H groups in total. The molecule has 5 heteroatoms. The van der Waals surface area contributed by atoms with Crippen LogP contribution in [0.4, 0.5) is 5.00 Å². The van der Waals surface area contributed by atoms with Crippen molar-refractivity contribution in [3.8, 4) is 16.2 Å². The van der Waals surface area contributed by atoms with E-state index in [2.05, 4.69) is 41.9 Å². The molecule has 2 nitrogen and oxygen atoms in total. The Kier molecular flexibility index (Phi) is 6.30. The third-order valence-corrected chi connectivity index (χ3v) is 6.14. The Hall–Kier alpha value is -1.88. The molecule has 134 valence electrons. The monoisotopic (exact) mass is 401 g/mol. The van der Waals surface area contributed by atoms with E-state index in [0.717, 1.165) is 39.0 Å². The summed E-state index contributed by atoms with van der Waals surface area (Å²) in [5.74, 6) is 0.865. The van der Waals surface area contributed by atoms with Gasteiger partial charge in [-0.3, -0.25) is 0 Å². The standard InChI is InChI=1S/C21H20ClNOS2/c1-4-18(22)20-17(19-6-5-11-25-19)13-26-21(20)23-14(2)12-15-7-9-16(24-3)10-8-15/h4-11,13H,12H2,1-3H3/b18-4?,23-14+. The molecule has 0 atom stereocenters. The Bertz CT molecular complexity index is 922. The number of hydrogen-bond donors (Lipinski definition) is 0. The zero-order valence-electron chi connectivity index (χ0n) is 15.0. The molecule has 0 aliphatic heterocycles. The van der Waals surface area contributed by atoms with E-state index in [1.165, 1.54) is 10.4 Å². The Morgan fingerprint density at radius 3 is 2.58 bits per heavy atom. The molecule has 0 saturated carbocycles. The summed E-state index contributed by atoms with van der Waals surface area (Å²) in [6.45, 7) is 4.01. The largest absolute Gasteiger partial charge is 0.497 e. The quantitative estimate of drug-likeness (QED) is 0.394. The second-order valence-electron chi connectivity index (χ2n) is 5.82. The minimum absolute atomic E-state index is 0.741. The third kappa shape index (κ3) is 4.26. The summed E-state index contributed by atoms with van der Waals surface area (Å²) in [5.41, 5.74) is 4.44. The number of halogens is 1. The van der Waals surface area contributed by atoms with Crippen molar-refractivity contribution in [3.63, 3.8) is 0 Å². The number of thiophene rings is 2. The molecule has 0 aliphatic rings. The van der Waals surface area contributed by atoms with Crippen molar-refractivity contribution in [2.45, 2.75) is 20.3 Å². The smallest absolute Gasteiger partial charge is 0.125 e. The van der Waals surface area contributed by atoms with Crippen molar-refractivity contribution < 1.29 is 4.74 Å². The van der Waals surface area contributed by atoms with Crippen LogP contribution in [0.3, 0.4) is 0 Å². The lowest BCUT2D eigenvalue weighted by molar-refractivity contribution is 0.414. The first-order valence-electron chi connectivity index (χ1n) is 8.27. The van der Waals surface area contributed by atoms with E-state index in [9.17, 15) is 0 Å². The summed E-state index contributed by atoms with van der Waals surface area (Å²) in [5, 5.41) is 5.93. The highest BCUT2D eigenvalue weighted by Gasteiger charge is 2.16. The van der Waals surface area contributed by atoms with Crippen LogP contribution in [0.2, 0.25) is 0 Å². The van der Waals surface area contributed by atoms with Crippen molar-refractivity contribution in [1.29, 1.82) is 0 Å². The van der Waals surface area contributed by atoms with E-state index in [4.69, 9.17) is 21.3 Å². The maximum absolute atomic E-state index is 6.53. The maximum Gasteiger partial charge on any atom is 0.125 e. The minimum atomic E-state index is 0.741. The molecule has 0 saturated heterocycles.